The zero-order chi connectivity index (χ0) is 26.0. The minimum atomic E-state index is -1.17. The molecule has 2 N–H and O–H groups in total. The maximum Gasteiger partial charge on any atom is 0.344 e. The summed E-state index contributed by atoms with van der Waals surface area (Å²) < 4.78 is 21.9. The summed E-state index contributed by atoms with van der Waals surface area (Å²) in [5.74, 6) is 0.867. The normalized spacial score (nSPS) is 13.8. The fourth-order valence-corrected chi connectivity index (χ4v) is 4.35. The monoisotopic (exact) mass is 514 g/mol. The summed E-state index contributed by atoms with van der Waals surface area (Å²) >= 11 is 0. The van der Waals surface area contributed by atoms with E-state index in [0.717, 1.165) is 36.2 Å². The number of hydrogen-bond donors (Lipinski definition) is 2. The van der Waals surface area contributed by atoms with Gasteiger partial charge in [-0.1, -0.05) is 19.6 Å². The summed E-state index contributed by atoms with van der Waals surface area (Å²) in [5, 5.41) is 12.3. The second kappa shape index (κ2) is 13.4. The van der Waals surface area contributed by atoms with Crippen molar-refractivity contribution in [3.63, 3.8) is 0 Å². The molecule has 0 spiro atoms. The number of esters is 1. The van der Waals surface area contributed by atoms with Crippen LogP contribution in [0.1, 0.15) is 18.1 Å². The topological polar surface area (TPSA) is 106 Å². The van der Waals surface area contributed by atoms with Gasteiger partial charge >= 0.3 is 5.97 Å². The number of carbonyl (C=O) groups excluding carboxylic acids is 1. The molecule has 1 fully saturated rings. The van der Waals surface area contributed by atoms with E-state index in [0.29, 0.717) is 50.2 Å². The Bertz CT molecular complexity index is 1020. The van der Waals surface area contributed by atoms with Gasteiger partial charge in [-0.15, -0.1) is 0 Å². The van der Waals surface area contributed by atoms with Gasteiger partial charge in [0, 0.05) is 50.8 Å². The SMILES string of the molecule is CCOC(=O)COc1ccc(NCOCC[Si](C)(C)C)c(C(=N)c2ccnc(N3CCOCC3)c2)c1. The summed E-state index contributed by atoms with van der Waals surface area (Å²) in [4.78, 5) is 18.4. The molecule has 0 amide bonds. The maximum atomic E-state index is 11.7. The molecule has 2 aromatic rings. The molecule has 9 nitrogen and oxygen atoms in total. The molecule has 10 heteroatoms. The van der Waals surface area contributed by atoms with Crippen molar-refractivity contribution in [2.75, 3.05) is 63.1 Å². The second-order valence-electron chi connectivity index (χ2n) is 9.72. The van der Waals surface area contributed by atoms with Crippen LogP contribution in [0.3, 0.4) is 0 Å². The highest BCUT2D eigenvalue weighted by Gasteiger charge is 2.17. The van der Waals surface area contributed by atoms with Crippen molar-refractivity contribution in [2.45, 2.75) is 32.6 Å². The lowest BCUT2D eigenvalue weighted by molar-refractivity contribution is -0.145. The van der Waals surface area contributed by atoms with Crippen molar-refractivity contribution < 1.29 is 23.7 Å². The van der Waals surface area contributed by atoms with Crippen LogP contribution in [0.5, 0.6) is 5.75 Å². The van der Waals surface area contributed by atoms with Gasteiger partial charge in [0.05, 0.1) is 25.5 Å². The number of rotatable bonds is 13. The van der Waals surface area contributed by atoms with Crippen molar-refractivity contribution in [2.24, 2.45) is 0 Å². The van der Waals surface area contributed by atoms with Crippen LogP contribution in [0.4, 0.5) is 11.5 Å². The molecule has 1 aliphatic rings. The van der Waals surface area contributed by atoms with Gasteiger partial charge in [0.15, 0.2) is 6.61 Å². The standard InChI is InChI=1S/C26H38N4O5Si/c1-5-34-25(31)18-35-21-6-7-23(29-19-33-14-15-36(2,3)4)22(17-21)26(27)20-8-9-28-24(16-20)30-10-12-32-13-11-30/h6-9,16-17,27,29H,5,10-15,18-19H2,1-4H3. The number of ether oxygens (including phenoxy) is 4. The Hall–Kier alpha value is -2.95. The fraction of sp³-hybridized carbons (Fsp3) is 0.500. The number of hydrogen-bond acceptors (Lipinski definition) is 9. The molecule has 36 heavy (non-hydrogen) atoms. The van der Waals surface area contributed by atoms with Gasteiger partial charge in [-0.3, -0.25) is 5.41 Å². The summed E-state index contributed by atoms with van der Waals surface area (Å²) in [6.07, 6.45) is 1.72. The Kier molecular flexibility index (Phi) is 10.3. The second-order valence-corrected chi connectivity index (χ2v) is 15.3. The minimum absolute atomic E-state index is 0.191. The maximum absolute atomic E-state index is 11.7. The van der Waals surface area contributed by atoms with Gasteiger partial charge in [0.2, 0.25) is 0 Å². The van der Waals surface area contributed by atoms with Crippen LogP contribution in [0.25, 0.3) is 0 Å². The van der Waals surface area contributed by atoms with E-state index < -0.39 is 14.0 Å². The molecule has 0 radical (unpaired) electrons. The number of pyridine rings is 1. The fourth-order valence-electron chi connectivity index (χ4n) is 3.59. The Balaban J connectivity index is 1.78. The molecule has 1 aliphatic heterocycles. The van der Waals surface area contributed by atoms with E-state index in [4.69, 9.17) is 24.4 Å². The Labute approximate surface area is 214 Å². The molecule has 0 atom stereocenters. The number of aromatic nitrogens is 1. The predicted molar refractivity (Wildman–Crippen MR) is 144 cm³/mol. The number of benzene rings is 1. The van der Waals surface area contributed by atoms with E-state index in [1.165, 1.54) is 0 Å². The number of carbonyl (C=O) groups is 1. The number of nitrogens with one attached hydrogen (secondary N) is 2. The molecule has 0 bridgehead atoms. The summed E-state index contributed by atoms with van der Waals surface area (Å²) in [5.41, 5.74) is 2.44. The summed E-state index contributed by atoms with van der Waals surface area (Å²) in [6, 6.07) is 10.2. The molecule has 196 valence electrons. The van der Waals surface area contributed by atoms with Crippen LogP contribution in [0.15, 0.2) is 36.5 Å². The molecular weight excluding hydrogens is 476 g/mol. The van der Waals surface area contributed by atoms with E-state index >= 15 is 0 Å². The van der Waals surface area contributed by atoms with Gasteiger partial charge in [0.25, 0.3) is 0 Å². The van der Waals surface area contributed by atoms with Crippen LogP contribution in [0.2, 0.25) is 25.7 Å². The highest BCUT2D eigenvalue weighted by Crippen LogP contribution is 2.26. The first-order valence-corrected chi connectivity index (χ1v) is 16.1. The lowest BCUT2D eigenvalue weighted by atomic mass is 10.0. The van der Waals surface area contributed by atoms with E-state index in [9.17, 15) is 4.79 Å². The number of nitrogens with zero attached hydrogens (tertiary/aromatic N) is 2. The third-order valence-electron chi connectivity index (χ3n) is 5.65. The largest absolute Gasteiger partial charge is 0.482 e. The summed E-state index contributed by atoms with van der Waals surface area (Å²) in [6.45, 7) is 12.7. The van der Waals surface area contributed by atoms with Crippen LogP contribution in [-0.2, 0) is 19.0 Å². The third-order valence-corrected chi connectivity index (χ3v) is 7.36. The Morgan fingerprint density at radius 2 is 1.97 bits per heavy atom. The number of morpholine rings is 1. The predicted octanol–water partition coefficient (Wildman–Crippen LogP) is 4.00. The molecule has 0 aliphatic carbocycles. The molecule has 0 unspecified atom stereocenters. The zero-order valence-electron chi connectivity index (χ0n) is 21.8. The van der Waals surface area contributed by atoms with Crippen LogP contribution in [-0.4, -0.2) is 77.6 Å². The van der Waals surface area contributed by atoms with Gasteiger partial charge in [-0.25, -0.2) is 9.78 Å². The van der Waals surface area contributed by atoms with Crippen molar-refractivity contribution in [3.8, 4) is 5.75 Å². The van der Waals surface area contributed by atoms with Crippen LogP contribution < -0.4 is 15.0 Å². The zero-order valence-corrected chi connectivity index (χ0v) is 22.8. The first-order valence-electron chi connectivity index (χ1n) is 12.4. The van der Waals surface area contributed by atoms with Crippen molar-refractivity contribution in [1.82, 2.24) is 4.98 Å². The van der Waals surface area contributed by atoms with E-state index in [-0.39, 0.29) is 6.61 Å². The molecule has 1 aromatic heterocycles. The van der Waals surface area contributed by atoms with Gasteiger partial charge in [-0.05, 0) is 43.3 Å². The number of anilines is 2. The smallest absolute Gasteiger partial charge is 0.344 e. The Morgan fingerprint density at radius 3 is 2.69 bits per heavy atom. The molecule has 1 saturated heterocycles. The van der Waals surface area contributed by atoms with E-state index in [1.54, 1.807) is 25.3 Å². The average molecular weight is 515 g/mol. The molecule has 0 saturated carbocycles. The molecule has 1 aromatic carbocycles. The van der Waals surface area contributed by atoms with Crippen molar-refractivity contribution >= 4 is 31.3 Å². The van der Waals surface area contributed by atoms with Crippen LogP contribution >= 0.6 is 0 Å². The van der Waals surface area contributed by atoms with Gasteiger partial charge in [0.1, 0.15) is 18.3 Å². The lowest BCUT2D eigenvalue weighted by Crippen LogP contribution is -2.36. The quantitative estimate of drug-likeness (QED) is 0.136. The minimum Gasteiger partial charge on any atom is -0.482 e. The summed E-state index contributed by atoms with van der Waals surface area (Å²) in [7, 11) is -1.17. The third kappa shape index (κ3) is 8.61. The molecule has 2 heterocycles. The van der Waals surface area contributed by atoms with Crippen molar-refractivity contribution in [3.05, 3.63) is 47.7 Å². The highest BCUT2D eigenvalue weighted by molar-refractivity contribution is 6.76. The van der Waals surface area contributed by atoms with Gasteiger partial charge < -0.3 is 29.2 Å². The van der Waals surface area contributed by atoms with E-state index in [1.807, 2.05) is 18.2 Å². The molecular formula is C26H38N4O5Si. The first-order chi connectivity index (χ1) is 17.3. The first kappa shape index (κ1) is 27.6. The average Bonchev–Trinajstić information content (AvgIpc) is 2.87. The van der Waals surface area contributed by atoms with E-state index in [2.05, 4.69) is 34.8 Å². The lowest BCUT2D eigenvalue weighted by Gasteiger charge is -2.28. The highest BCUT2D eigenvalue weighted by atomic mass is 28.3. The van der Waals surface area contributed by atoms with Crippen molar-refractivity contribution in [1.29, 1.82) is 5.41 Å². The Morgan fingerprint density at radius 1 is 1.19 bits per heavy atom. The van der Waals surface area contributed by atoms with Gasteiger partial charge in [-0.2, -0.15) is 0 Å². The van der Waals surface area contributed by atoms with Crippen LogP contribution in [0, 0.1) is 5.41 Å². The molecule has 3 rings (SSSR count).